The van der Waals surface area contributed by atoms with Crippen molar-refractivity contribution in [3.8, 4) is 17.3 Å². The van der Waals surface area contributed by atoms with E-state index in [1.807, 2.05) is 96.8 Å². The molecule has 0 unspecified atom stereocenters. The van der Waals surface area contributed by atoms with Crippen LogP contribution in [0.4, 0.5) is 11.4 Å². The predicted molar refractivity (Wildman–Crippen MR) is 202 cm³/mol. The van der Waals surface area contributed by atoms with Gasteiger partial charge in [-0.15, -0.1) is 42.0 Å². The number of para-hydroxylation sites is 3. The van der Waals surface area contributed by atoms with E-state index in [0.29, 0.717) is 22.7 Å². The van der Waals surface area contributed by atoms with Gasteiger partial charge < -0.3 is 27.9 Å². The summed E-state index contributed by atoms with van der Waals surface area (Å²) in [4.78, 5) is 8.78. The zero-order chi connectivity index (χ0) is 33.5. The molecule has 1 aliphatic heterocycles. The molecule has 0 amide bonds. The van der Waals surface area contributed by atoms with Crippen LogP contribution < -0.4 is 14.5 Å². The van der Waals surface area contributed by atoms with Gasteiger partial charge in [-0.2, -0.15) is 6.07 Å². The molecule has 11 rings (SSSR count). The number of rotatable bonds is 5. The van der Waals surface area contributed by atoms with Crippen LogP contribution in [0.2, 0.25) is 0 Å². The number of pyridine rings is 1. The minimum absolute atomic E-state index is 0. The van der Waals surface area contributed by atoms with Gasteiger partial charge in [0.25, 0.3) is 0 Å². The van der Waals surface area contributed by atoms with Crippen molar-refractivity contribution in [2.75, 3.05) is 9.80 Å². The first-order valence-electron chi connectivity index (χ1n) is 16.7. The van der Waals surface area contributed by atoms with Crippen LogP contribution in [0.5, 0.6) is 11.5 Å². The van der Waals surface area contributed by atoms with Crippen molar-refractivity contribution in [2.24, 2.45) is 0 Å². The van der Waals surface area contributed by atoms with Crippen LogP contribution in [0.1, 0.15) is 0 Å². The molecule has 4 aromatic heterocycles. The van der Waals surface area contributed by atoms with Crippen LogP contribution in [-0.2, 0) is 21.1 Å². The monoisotopic (exact) mass is 852 g/mol. The van der Waals surface area contributed by atoms with Gasteiger partial charge in [-0.1, -0.05) is 71.6 Å². The molecule has 8 heteroatoms. The van der Waals surface area contributed by atoms with Crippen molar-refractivity contribution in [3.05, 3.63) is 165 Å². The number of fused-ring (bicyclic) bond motifs is 10. The van der Waals surface area contributed by atoms with Gasteiger partial charge in [0.1, 0.15) is 22.6 Å². The standard InChI is InChI=1S/C44H25N4O3.Pt/c1-2-10-28(11-3-1)46-22-23-47(27-46)29-24-35-42-39(20-19-34-33-13-5-7-15-38(33)50-44(34)42)51-43(35)40(25-29)49-30-17-18-32-31-12-4-6-14-36(31)48(37(32)26-30)41-16-8-9-21-45-41;/h1-24,27H;/q-3;. The third kappa shape index (κ3) is 4.66. The Hall–Kier alpha value is -6.30. The predicted octanol–water partition coefficient (Wildman–Crippen LogP) is 11.3. The van der Waals surface area contributed by atoms with Crippen molar-refractivity contribution < 1.29 is 34.6 Å². The first-order chi connectivity index (χ1) is 25.3. The zero-order valence-electron chi connectivity index (χ0n) is 27.3. The first kappa shape index (κ1) is 30.5. The van der Waals surface area contributed by atoms with Gasteiger partial charge in [-0.25, -0.2) is 4.98 Å². The smallest absolute Gasteiger partial charge is 0.144 e. The molecular formula is C44H25N4O3Pt-3. The summed E-state index contributed by atoms with van der Waals surface area (Å²) in [6.45, 7) is 2.03. The Labute approximate surface area is 311 Å². The molecule has 5 heterocycles. The van der Waals surface area contributed by atoms with Gasteiger partial charge in [0, 0.05) is 60.4 Å². The average molecular weight is 853 g/mol. The quantitative estimate of drug-likeness (QED) is 0.161. The number of hydrogen-bond acceptors (Lipinski definition) is 6. The van der Waals surface area contributed by atoms with Gasteiger partial charge in [0.2, 0.25) is 0 Å². The van der Waals surface area contributed by atoms with Crippen molar-refractivity contribution in [2.45, 2.75) is 0 Å². The first-order valence-corrected chi connectivity index (χ1v) is 16.7. The molecule has 0 saturated heterocycles. The summed E-state index contributed by atoms with van der Waals surface area (Å²) >= 11 is 0. The van der Waals surface area contributed by atoms with E-state index >= 15 is 0 Å². The largest absolute Gasteiger partial charge is 0.512 e. The Morgan fingerprint density at radius 3 is 2.27 bits per heavy atom. The molecule has 1 aliphatic rings. The third-order valence-electron chi connectivity index (χ3n) is 9.58. The van der Waals surface area contributed by atoms with E-state index in [1.54, 1.807) is 6.20 Å². The second-order valence-corrected chi connectivity index (χ2v) is 12.5. The van der Waals surface area contributed by atoms with Crippen molar-refractivity contribution >= 4 is 77.1 Å². The van der Waals surface area contributed by atoms with E-state index in [-0.39, 0.29) is 21.1 Å². The van der Waals surface area contributed by atoms with Crippen molar-refractivity contribution in [1.29, 1.82) is 0 Å². The molecule has 0 saturated carbocycles. The minimum Gasteiger partial charge on any atom is -0.512 e. The number of benzene rings is 6. The van der Waals surface area contributed by atoms with E-state index in [0.717, 1.165) is 71.7 Å². The topological polar surface area (TPSA) is 59.8 Å². The molecule has 0 bridgehead atoms. The molecule has 252 valence electrons. The normalized spacial score (nSPS) is 13.0. The van der Waals surface area contributed by atoms with Gasteiger partial charge >= 0.3 is 0 Å². The molecule has 10 aromatic rings. The Morgan fingerprint density at radius 1 is 0.615 bits per heavy atom. The SMILES string of the molecule is [Pt].[c-]1c(N2C=CN(c3ccccc3)[CH-]2)cc2c(oc3ccc4c5ccccc5oc4c32)c1Oc1[c-]c2c(cc1)c1ccccc1n2-c1ccccn1. The van der Waals surface area contributed by atoms with Crippen LogP contribution in [0.3, 0.4) is 0 Å². The Bertz CT molecular complexity index is 3000. The van der Waals surface area contributed by atoms with Crippen LogP contribution in [0, 0.1) is 18.8 Å². The van der Waals surface area contributed by atoms with E-state index in [4.69, 9.17) is 13.6 Å². The third-order valence-corrected chi connectivity index (χ3v) is 9.58. The second-order valence-electron chi connectivity index (χ2n) is 12.5. The number of hydrogen-bond donors (Lipinski definition) is 0. The summed E-state index contributed by atoms with van der Waals surface area (Å²) in [7, 11) is 0. The summed E-state index contributed by atoms with van der Waals surface area (Å²) in [6, 6.07) is 49.8. The number of aromatic nitrogens is 2. The van der Waals surface area contributed by atoms with E-state index in [1.165, 1.54) is 0 Å². The zero-order valence-corrected chi connectivity index (χ0v) is 29.5. The van der Waals surface area contributed by atoms with E-state index < -0.39 is 0 Å². The number of nitrogens with zero attached hydrogens (tertiary/aromatic N) is 4. The summed E-state index contributed by atoms with van der Waals surface area (Å²) < 4.78 is 22.0. The molecule has 0 atom stereocenters. The van der Waals surface area contributed by atoms with Gasteiger partial charge in [-0.05, 0) is 66.3 Å². The Kier molecular flexibility index (Phi) is 6.98. The Morgan fingerprint density at radius 2 is 1.38 bits per heavy atom. The Balaban J connectivity index is 0.00000338. The summed E-state index contributed by atoms with van der Waals surface area (Å²) in [6.07, 6.45) is 5.84. The molecule has 0 fully saturated rings. The van der Waals surface area contributed by atoms with Crippen LogP contribution in [0.25, 0.3) is 71.5 Å². The molecule has 0 N–H and O–H groups in total. The maximum absolute atomic E-state index is 6.75. The maximum Gasteiger partial charge on any atom is 0.144 e. The fourth-order valence-electron chi connectivity index (χ4n) is 7.27. The molecule has 0 aliphatic carbocycles. The molecule has 52 heavy (non-hydrogen) atoms. The summed E-state index contributed by atoms with van der Waals surface area (Å²) in [5.41, 5.74) is 6.62. The molecule has 7 nitrogen and oxygen atoms in total. The second kappa shape index (κ2) is 11.9. The maximum atomic E-state index is 6.75. The van der Waals surface area contributed by atoms with Gasteiger partial charge in [0.05, 0.1) is 11.3 Å². The molecule has 0 spiro atoms. The van der Waals surface area contributed by atoms with Gasteiger partial charge in [0.15, 0.2) is 0 Å². The minimum atomic E-state index is 0. The molecular weight excluding hydrogens is 828 g/mol. The summed E-state index contributed by atoms with van der Waals surface area (Å²) in [5.74, 6) is 1.77. The van der Waals surface area contributed by atoms with Gasteiger partial charge in [-0.3, -0.25) is 0 Å². The van der Waals surface area contributed by atoms with Crippen molar-refractivity contribution in [1.82, 2.24) is 9.55 Å². The van der Waals surface area contributed by atoms with Crippen LogP contribution in [-0.4, -0.2) is 9.55 Å². The van der Waals surface area contributed by atoms with E-state index in [2.05, 4.69) is 81.2 Å². The number of furan rings is 2. The molecule has 6 aromatic carbocycles. The fourth-order valence-corrected chi connectivity index (χ4v) is 7.27. The van der Waals surface area contributed by atoms with Crippen molar-refractivity contribution in [3.63, 3.8) is 0 Å². The van der Waals surface area contributed by atoms with Crippen LogP contribution >= 0.6 is 0 Å². The van der Waals surface area contributed by atoms with E-state index in [9.17, 15) is 0 Å². The van der Waals surface area contributed by atoms with Crippen LogP contribution in [0.15, 0.2) is 155 Å². The molecule has 0 radical (unpaired) electrons. The summed E-state index contributed by atoms with van der Waals surface area (Å²) in [5, 5.41) is 6.01. The average Bonchev–Trinajstić information content (AvgIpc) is 3.97. The number of ether oxygens (including phenoxy) is 1. The number of anilines is 2. The fraction of sp³-hybridized carbons (Fsp3) is 0.